The van der Waals surface area contributed by atoms with Crippen molar-refractivity contribution in [2.75, 3.05) is 6.61 Å². The highest BCUT2D eigenvalue weighted by molar-refractivity contribution is 9.10. The quantitative estimate of drug-likeness (QED) is 0.814. The Kier molecular flexibility index (Phi) is 4.53. The summed E-state index contributed by atoms with van der Waals surface area (Å²) < 4.78 is 6.44. The van der Waals surface area contributed by atoms with E-state index in [0.29, 0.717) is 25.2 Å². The third-order valence-electron chi connectivity index (χ3n) is 3.82. The molecule has 0 bridgehead atoms. The summed E-state index contributed by atoms with van der Waals surface area (Å²) in [7, 11) is 0. The predicted molar refractivity (Wildman–Crippen MR) is 82.2 cm³/mol. The molecule has 0 aliphatic heterocycles. The fraction of sp³-hybridized carbons (Fsp3) is 0.438. The molecule has 0 spiro atoms. The Labute approximate surface area is 127 Å². The third-order valence-corrected chi connectivity index (χ3v) is 4.64. The lowest BCUT2D eigenvalue weighted by Crippen LogP contribution is -2.33. The van der Waals surface area contributed by atoms with E-state index in [1.165, 1.54) is 0 Å². The van der Waals surface area contributed by atoms with Crippen molar-refractivity contribution in [1.82, 2.24) is 0 Å². The van der Waals surface area contributed by atoms with E-state index in [9.17, 15) is 9.90 Å². The lowest BCUT2D eigenvalue weighted by molar-refractivity contribution is -0.143. The molecule has 1 aromatic rings. The number of carboxylic acids is 1. The molecule has 0 aromatic heterocycles. The Morgan fingerprint density at radius 1 is 1.45 bits per heavy atom. The second-order valence-electron chi connectivity index (χ2n) is 5.46. The van der Waals surface area contributed by atoms with Crippen LogP contribution in [0.15, 0.2) is 34.8 Å². The van der Waals surface area contributed by atoms with Crippen molar-refractivity contribution < 1.29 is 14.6 Å². The summed E-state index contributed by atoms with van der Waals surface area (Å²) in [5.41, 5.74) is 0.972. The monoisotopic (exact) mass is 338 g/mol. The predicted octanol–water partition coefficient (Wildman–Crippen LogP) is 4.30. The number of rotatable bonds is 5. The Balaban J connectivity index is 2.39. The van der Waals surface area contributed by atoms with Crippen LogP contribution in [0.2, 0.25) is 0 Å². The molecule has 0 amide bonds. The molecule has 1 saturated carbocycles. The molecule has 0 radical (unpaired) electrons. The van der Waals surface area contributed by atoms with Crippen molar-refractivity contribution in [1.29, 1.82) is 0 Å². The SMILES string of the molecule is C=C(C)COc1cccc(C2(C(=O)O)CCCC2)c1Br. The fourth-order valence-electron chi connectivity index (χ4n) is 2.77. The Morgan fingerprint density at radius 2 is 2.10 bits per heavy atom. The van der Waals surface area contributed by atoms with Gasteiger partial charge >= 0.3 is 5.97 Å². The van der Waals surface area contributed by atoms with E-state index in [-0.39, 0.29) is 0 Å². The van der Waals surface area contributed by atoms with Crippen LogP contribution in [-0.2, 0) is 10.2 Å². The highest BCUT2D eigenvalue weighted by Crippen LogP contribution is 2.46. The van der Waals surface area contributed by atoms with Crippen LogP contribution in [0.25, 0.3) is 0 Å². The minimum atomic E-state index is -0.776. The molecule has 20 heavy (non-hydrogen) atoms. The molecule has 1 aliphatic rings. The molecule has 1 fully saturated rings. The first-order chi connectivity index (χ1) is 9.47. The third kappa shape index (κ3) is 2.75. The van der Waals surface area contributed by atoms with E-state index in [4.69, 9.17) is 4.74 Å². The normalized spacial score (nSPS) is 16.9. The average Bonchev–Trinajstić information content (AvgIpc) is 2.88. The van der Waals surface area contributed by atoms with Gasteiger partial charge in [0, 0.05) is 0 Å². The molecule has 2 rings (SSSR count). The molecule has 1 aromatic carbocycles. The van der Waals surface area contributed by atoms with Crippen molar-refractivity contribution in [3.8, 4) is 5.75 Å². The van der Waals surface area contributed by atoms with Crippen molar-refractivity contribution in [3.05, 3.63) is 40.4 Å². The number of carboxylic acid groups (broad SMARTS) is 1. The van der Waals surface area contributed by atoms with Crippen LogP contribution in [0, 0.1) is 0 Å². The molecular weight excluding hydrogens is 320 g/mol. The van der Waals surface area contributed by atoms with Gasteiger partial charge in [0.1, 0.15) is 12.4 Å². The number of carbonyl (C=O) groups is 1. The van der Waals surface area contributed by atoms with Crippen molar-refractivity contribution in [2.24, 2.45) is 0 Å². The van der Waals surface area contributed by atoms with Gasteiger partial charge < -0.3 is 9.84 Å². The van der Waals surface area contributed by atoms with Crippen LogP contribution in [0.5, 0.6) is 5.75 Å². The van der Waals surface area contributed by atoms with Crippen LogP contribution in [0.1, 0.15) is 38.2 Å². The Hall–Kier alpha value is -1.29. The lowest BCUT2D eigenvalue weighted by Gasteiger charge is -2.26. The number of hydrogen-bond acceptors (Lipinski definition) is 2. The molecular formula is C16H19BrO3. The smallest absolute Gasteiger partial charge is 0.314 e. The summed E-state index contributed by atoms with van der Waals surface area (Å²) in [5.74, 6) is -0.0641. The highest BCUT2D eigenvalue weighted by atomic mass is 79.9. The van der Waals surface area contributed by atoms with Crippen molar-refractivity contribution in [3.63, 3.8) is 0 Å². The average molecular weight is 339 g/mol. The summed E-state index contributed by atoms with van der Waals surface area (Å²) in [6.07, 6.45) is 3.28. The lowest BCUT2D eigenvalue weighted by atomic mass is 9.79. The maximum absolute atomic E-state index is 11.8. The number of ether oxygens (including phenoxy) is 1. The molecule has 1 aliphatic carbocycles. The maximum Gasteiger partial charge on any atom is 0.314 e. The Morgan fingerprint density at radius 3 is 2.65 bits per heavy atom. The zero-order valence-electron chi connectivity index (χ0n) is 11.6. The zero-order valence-corrected chi connectivity index (χ0v) is 13.2. The van der Waals surface area contributed by atoms with E-state index in [0.717, 1.165) is 28.5 Å². The number of halogens is 1. The van der Waals surface area contributed by atoms with Gasteiger partial charge in [0.25, 0.3) is 0 Å². The second kappa shape index (κ2) is 6.00. The summed E-state index contributed by atoms with van der Waals surface area (Å²) in [5, 5.41) is 9.67. The molecule has 108 valence electrons. The summed E-state index contributed by atoms with van der Waals surface area (Å²) in [4.78, 5) is 11.8. The second-order valence-corrected chi connectivity index (χ2v) is 6.25. The van der Waals surface area contributed by atoms with Crippen LogP contribution >= 0.6 is 15.9 Å². The summed E-state index contributed by atoms with van der Waals surface area (Å²) in [6.45, 7) is 6.14. The Bertz CT molecular complexity index is 531. The zero-order chi connectivity index (χ0) is 14.8. The number of hydrogen-bond donors (Lipinski definition) is 1. The largest absolute Gasteiger partial charge is 0.488 e. The standard InChI is InChI=1S/C16H19BrO3/c1-11(2)10-20-13-7-5-6-12(14(13)17)16(15(18)19)8-3-4-9-16/h5-7H,1,3-4,8-10H2,2H3,(H,18,19). The fourth-order valence-corrected chi connectivity index (χ4v) is 3.53. The van der Waals surface area contributed by atoms with Crippen LogP contribution < -0.4 is 4.74 Å². The first-order valence-corrected chi connectivity index (χ1v) is 7.56. The van der Waals surface area contributed by atoms with Crippen molar-refractivity contribution >= 4 is 21.9 Å². The molecule has 0 saturated heterocycles. The minimum absolute atomic E-state index is 0.433. The van der Waals surface area contributed by atoms with Crippen LogP contribution in [-0.4, -0.2) is 17.7 Å². The van der Waals surface area contributed by atoms with E-state index >= 15 is 0 Å². The highest BCUT2D eigenvalue weighted by Gasteiger charge is 2.44. The van der Waals surface area contributed by atoms with Gasteiger partial charge in [0.15, 0.2) is 0 Å². The molecule has 0 unspecified atom stereocenters. The van der Waals surface area contributed by atoms with Gasteiger partial charge in [-0.3, -0.25) is 4.79 Å². The van der Waals surface area contributed by atoms with E-state index in [2.05, 4.69) is 22.5 Å². The first kappa shape index (κ1) is 15.1. The van der Waals surface area contributed by atoms with Gasteiger partial charge in [-0.25, -0.2) is 0 Å². The van der Waals surface area contributed by atoms with Crippen LogP contribution in [0.3, 0.4) is 0 Å². The van der Waals surface area contributed by atoms with Gasteiger partial charge in [-0.15, -0.1) is 0 Å². The number of benzene rings is 1. The van der Waals surface area contributed by atoms with Crippen LogP contribution in [0.4, 0.5) is 0 Å². The molecule has 1 N–H and O–H groups in total. The summed E-state index contributed by atoms with van der Waals surface area (Å²) in [6, 6.07) is 5.59. The maximum atomic E-state index is 11.8. The van der Waals surface area contributed by atoms with Gasteiger partial charge in [0.05, 0.1) is 9.89 Å². The minimum Gasteiger partial charge on any atom is -0.488 e. The molecule has 4 heteroatoms. The first-order valence-electron chi connectivity index (χ1n) is 6.77. The van der Waals surface area contributed by atoms with Gasteiger partial charge in [-0.2, -0.15) is 0 Å². The van der Waals surface area contributed by atoms with E-state index in [1.807, 2.05) is 25.1 Å². The van der Waals surface area contributed by atoms with E-state index < -0.39 is 11.4 Å². The number of aliphatic carboxylic acids is 1. The van der Waals surface area contributed by atoms with Crippen molar-refractivity contribution in [2.45, 2.75) is 38.0 Å². The van der Waals surface area contributed by atoms with E-state index in [1.54, 1.807) is 0 Å². The topological polar surface area (TPSA) is 46.5 Å². The van der Waals surface area contributed by atoms with Gasteiger partial charge in [-0.1, -0.05) is 31.6 Å². The van der Waals surface area contributed by atoms with Gasteiger partial charge in [-0.05, 0) is 52.9 Å². The van der Waals surface area contributed by atoms with Gasteiger partial charge in [0.2, 0.25) is 0 Å². The summed E-state index contributed by atoms with van der Waals surface area (Å²) >= 11 is 3.53. The molecule has 0 atom stereocenters. The molecule has 3 nitrogen and oxygen atoms in total. The molecule has 0 heterocycles.